The van der Waals surface area contributed by atoms with Gasteiger partial charge in [0.1, 0.15) is 0 Å². The second-order valence-electron chi connectivity index (χ2n) is 6.38. The molecule has 0 saturated heterocycles. The largest absolute Gasteiger partial charge is 0.354 e. The number of nitrogens with one attached hydrogen (secondary N) is 1. The number of carbonyl (C=O) groups is 3. The fourth-order valence-corrected chi connectivity index (χ4v) is 2.96. The number of unbranched alkanes of at least 4 members (excludes halogenated alkanes) is 2. The molecule has 1 aliphatic rings. The van der Waals surface area contributed by atoms with Crippen molar-refractivity contribution < 1.29 is 14.4 Å². The predicted octanol–water partition coefficient (Wildman–Crippen LogP) is 3.15. The summed E-state index contributed by atoms with van der Waals surface area (Å²) in [6.07, 6.45) is 5.26. The van der Waals surface area contributed by atoms with Gasteiger partial charge in [-0.25, -0.2) is 0 Å². The Morgan fingerprint density at radius 3 is 2.29 bits per heavy atom. The van der Waals surface area contributed by atoms with E-state index in [0.29, 0.717) is 24.0 Å². The minimum atomic E-state index is -0.260. The summed E-state index contributed by atoms with van der Waals surface area (Å²) in [5, 5.41) is 2.98. The first-order valence-electron chi connectivity index (χ1n) is 8.79. The molecule has 24 heavy (non-hydrogen) atoms. The van der Waals surface area contributed by atoms with E-state index >= 15 is 0 Å². The molecule has 0 aromatic heterocycles. The third-order valence-corrected chi connectivity index (χ3v) is 4.31. The van der Waals surface area contributed by atoms with E-state index in [1.54, 1.807) is 24.3 Å². The number of benzene rings is 1. The lowest BCUT2D eigenvalue weighted by atomic mass is 10.1. The van der Waals surface area contributed by atoms with Crippen LogP contribution in [0, 0.1) is 0 Å². The summed E-state index contributed by atoms with van der Waals surface area (Å²) in [5.41, 5.74) is 0.910. The van der Waals surface area contributed by atoms with Crippen LogP contribution < -0.4 is 5.32 Å². The fraction of sp³-hybridized carbons (Fsp3) is 0.526. The lowest BCUT2D eigenvalue weighted by Crippen LogP contribution is -2.34. The van der Waals surface area contributed by atoms with Gasteiger partial charge in [-0.05, 0) is 31.9 Å². The summed E-state index contributed by atoms with van der Waals surface area (Å²) in [6, 6.07) is 7.01. The highest BCUT2D eigenvalue weighted by molar-refractivity contribution is 6.21. The molecule has 2 rings (SSSR count). The molecule has 1 N–H and O–H groups in total. The highest BCUT2D eigenvalue weighted by atomic mass is 16.2. The Hall–Kier alpha value is -2.17. The van der Waals surface area contributed by atoms with Gasteiger partial charge in [0, 0.05) is 19.0 Å². The van der Waals surface area contributed by atoms with Crippen LogP contribution in [0.25, 0.3) is 0 Å². The number of fused-ring (bicyclic) bond motifs is 1. The molecule has 0 bridgehead atoms. The van der Waals surface area contributed by atoms with Gasteiger partial charge < -0.3 is 5.32 Å². The molecular formula is C19H26N2O3. The van der Waals surface area contributed by atoms with E-state index < -0.39 is 0 Å². The predicted molar refractivity (Wildman–Crippen MR) is 92.8 cm³/mol. The maximum Gasteiger partial charge on any atom is 0.261 e. The number of rotatable bonds is 9. The zero-order chi connectivity index (χ0) is 17.5. The molecule has 5 heteroatoms. The number of amides is 3. The van der Waals surface area contributed by atoms with E-state index in [2.05, 4.69) is 12.2 Å². The van der Waals surface area contributed by atoms with Crippen molar-refractivity contribution >= 4 is 17.7 Å². The molecule has 130 valence electrons. The summed E-state index contributed by atoms with van der Waals surface area (Å²) < 4.78 is 0. The number of nitrogens with zero attached hydrogens (tertiary/aromatic N) is 1. The molecule has 1 heterocycles. The van der Waals surface area contributed by atoms with Crippen molar-refractivity contribution in [2.24, 2.45) is 0 Å². The minimum Gasteiger partial charge on any atom is -0.354 e. The van der Waals surface area contributed by atoms with E-state index in [-0.39, 0.29) is 30.3 Å². The normalized spacial score (nSPS) is 14.7. The minimum absolute atomic E-state index is 0.0180. The SMILES string of the molecule is CCCCCC(C)NC(=O)CCCN1C(=O)c2ccccc2C1=O. The van der Waals surface area contributed by atoms with Crippen LogP contribution in [-0.4, -0.2) is 35.2 Å². The fourth-order valence-electron chi connectivity index (χ4n) is 2.96. The first-order valence-corrected chi connectivity index (χ1v) is 8.79. The van der Waals surface area contributed by atoms with Crippen molar-refractivity contribution in [2.75, 3.05) is 6.54 Å². The lowest BCUT2D eigenvalue weighted by Gasteiger charge is -2.15. The molecule has 0 radical (unpaired) electrons. The highest BCUT2D eigenvalue weighted by Gasteiger charge is 2.34. The average molecular weight is 330 g/mol. The molecule has 0 fully saturated rings. The lowest BCUT2D eigenvalue weighted by molar-refractivity contribution is -0.121. The van der Waals surface area contributed by atoms with Crippen molar-refractivity contribution in [1.29, 1.82) is 0 Å². The molecule has 0 aliphatic carbocycles. The van der Waals surface area contributed by atoms with Gasteiger partial charge in [-0.3, -0.25) is 19.3 Å². The number of hydrogen-bond donors (Lipinski definition) is 1. The first kappa shape index (κ1) is 18.2. The Balaban J connectivity index is 1.74. The van der Waals surface area contributed by atoms with Gasteiger partial charge in [0.15, 0.2) is 0 Å². The number of carbonyl (C=O) groups excluding carboxylic acids is 3. The standard InChI is InChI=1S/C19H26N2O3/c1-3-4-5-9-14(2)20-17(22)12-8-13-21-18(23)15-10-6-7-11-16(15)19(21)24/h6-7,10-11,14H,3-5,8-9,12-13H2,1-2H3,(H,20,22). The second-order valence-corrected chi connectivity index (χ2v) is 6.38. The summed E-state index contributed by atoms with van der Waals surface area (Å²) in [6.45, 7) is 4.45. The Bertz CT molecular complexity index is 577. The zero-order valence-corrected chi connectivity index (χ0v) is 14.5. The van der Waals surface area contributed by atoms with Crippen LogP contribution in [0.4, 0.5) is 0 Å². The van der Waals surface area contributed by atoms with Crippen LogP contribution in [0.2, 0.25) is 0 Å². The van der Waals surface area contributed by atoms with E-state index in [0.717, 1.165) is 12.8 Å². The van der Waals surface area contributed by atoms with Gasteiger partial charge in [-0.15, -0.1) is 0 Å². The monoisotopic (exact) mass is 330 g/mol. The van der Waals surface area contributed by atoms with Gasteiger partial charge >= 0.3 is 0 Å². The molecular weight excluding hydrogens is 304 g/mol. The summed E-state index contributed by atoms with van der Waals surface area (Å²) in [5.74, 6) is -0.538. The van der Waals surface area contributed by atoms with E-state index in [4.69, 9.17) is 0 Å². The number of hydrogen-bond acceptors (Lipinski definition) is 3. The van der Waals surface area contributed by atoms with Crippen LogP contribution >= 0.6 is 0 Å². The van der Waals surface area contributed by atoms with Crippen molar-refractivity contribution in [1.82, 2.24) is 10.2 Å². The zero-order valence-electron chi connectivity index (χ0n) is 14.5. The van der Waals surface area contributed by atoms with Gasteiger partial charge in [0.05, 0.1) is 11.1 Å². The maximum atomic E-state index is 12.2. The molecule has 5 nitrogen and oxygen atoms in total. The third-order valence-electron chi connectivity index (χ3n) is 4.31. The van der Waals surface area contributed by atoms with Gasteiger partial charge in [0.25, 0.3) is 11.8 Å². The van der Waals surface area contributed by atoms with Crippen LogP contribution in [0.15, 0.2) is 24.3 Å². The molecule has 1 aliphatic heterocycles. The van der Waals surface area contributed by atoms with Crippen LogP contribution in [0.5, 0.6) is 0 Å². The Labute approximate surface area is 143 Å². The molecule has 0 spiro atoms. The van der Waals surface area contributed by atoms with Crippen molar-refractivity contribution in [3.05, 3.63) is 35.4 Å². The molecule has 1 aromatic carbocycles. The van der Waals surface area contributed by atoms with E-state index in [1.807, 2.05) is 6.92 Å². The van der Waals surface area contributed by atoms with Crippen LogP contribution in [-0.2, 0) is 4.79 Å². The van der Waals surface area contributed by atoms with Gasteiger partial charge in [-0.2, -0.15) is 0 Å². The average Bonchev–Trinajstić information content (AvgIpc) is 2.80. The van der Waals surface area contributed by atoms with Crippen molar-refractivity contribution in [3.63, 3.8) is 0 Å². The number of imide groups is 1. The van der Waals surface area contributed by atoms with Crippen LogP contribution in [0.3, 0.4) is 0 Å². The third kappa shape index (κ3) is 4.43. The maximum absolute atomic E-state index is 12.2. The Morgan fingerprint density at radius 2 is 1.71 bits per heavy atom. The molecule has 3 amide bonds. The summed E-state index contributed by atoms with van der Waals surface area (Å²) in [4.78, 5) is 37.6. The molecule has 1 atom stereocenters. The first-order chi connectivity index (χ1) is 11.5. The smallest absolute Gasteiger partial charge is 0.261 e. The van der Waals surface area contributed by atoms with Crippen LogP contribution in [0.1, 0.15) is 73.1 Å². The van der Waals surface area contributed by atoms with Gasteiger partial charge in [0.2, 0.25) is 5.91 Å². The Morgan fingerprint density at radius 1 is 1.08 bits per heavy atom. The van der Waals surface area contributed by atoms with Gasteiger partial charge in [-0.1, -0.05) is 38.3 Å². The van der Waals surface area contributed by atoms with E-state index in [9.17, 15) is 14.4 Å². The molecule has 1 unspecified atom stereocenters. The summed E-state index contributed by atoms with van der Waals surface area (Å²) in [7, 11) is 0. The second kappa shape index (κ2) is 8.62. The molecule has 0 saturated carbocycles. The topological polar surface area (TPSA) is 66.5 Å². The highest BCUT2D eigenvalue weighted by Crippen LogP contribution is 2.22. The molecule has 1 aromatic rings. The van der Waals surface area contributed by atoms with E-state index in [1.165, 1.54) is 17.7 Å². The Kier molecular flexibility index (Phi) is 6.53. The quantitative estimate of drug-likeness (QED) is 0.559. The van der Waals surface area contributed by atoms with Crippen molar-refractivity contribution in [2.45, 2.75) is 58.4 Å². The van der Waals surface area contributed by atoms with Crippen molar-refractivity contribution in [3.8, 4) is 0 Å². The summed E-state index contributed by atoms with van der Waals surface area (Å²) >= 11 is 0.